The fourth-order valence-electron chi connectivity index (χ4n) is 1.79. The van der Waals surface area contributed by atoms with E-state index in [-0.39, 0.29) is 12.0 Å². The van der Waals surface area contributed by atoms with Gasteiger partial charge in [0.25, 0.3) is 0 Å². The van der Waals surface area contributed by atoms with E-state index >= 15 is 0 Å². The molecule has 1 unspecified atom stereocenters. The summed E-state index contributed by atoms with van der Waals surface area (Å²) in [6.45, 7) is 2.63. The third-order valence-corrected chi connectivity index (χ3v) is 3.68. The standard InChI is InChI=1S/C11H15N3O3S/c1-2-17-10(15)9-7-18-6-5-14(9)11(16)13-4-3-12-8-13/h3-4,8-9H,2,5-7H2,1H3. The summed E-state index contributed by atoms with van der Waals surface area (Å²) in [5.74, 6) is 1.08. The Morgan fingerprint density at radius 2 is 2.39 bits per heavy atom. The van der Waals surface area contributed by atoms with Crippen LogP contribution in [0.3, 0.4) is 0 Å². The molecule has 1 amide bonds. The zero-order valence-corrected chi connectivity index (χ0v) is 10.9. The topological polar surface area (TPSA) is 64.4 Å². The van der Waals surface area contributed by atoms with E-state index in [4.69, 9.17) is 4.74 Å². The Hall–Kier alpha value is -1.50. The van der Waals surface area contributed by atoms with Crippen molar-refractivity contribution in [1.29, 1.82) is 0 Å². The maximum atomic E-state index is 12.2. The number of ether oxygens (including phenoxy) is 1. The molecule has 0 aromatic carbocycles. The van der Waals surface area contributed by atoms with Crippen molar-refractivity contribution in [2.75, 3.05) is 24.7 Å². The van der Waals surface area contributed by atoms with Gasteiger partial charge in [-0.2, -0.15) is 11.8 Å². The van der Waals surface area contributed by atoms with Crippen molar-refractivity contribution in [3.63, 3.8) is 0 Å². The van der Waals surface area contributed by atoms with E-state index in [1.165, 1.54) is 17.1 Å². The summed E-state index contributed by atoms with van der Waals surface area (Å²) in [5.41, 5.74) is 0. The summed E-state index contributed by atoms with van der Waals surface area (Å²) in [5, 5.41) is 0. The molecule has 2 heterocycles. The quantitative estimate of drug-likeness (QED) is 0.744. The van der Waals surface area contributed by atoms with E-state index in [2.05, 4.69) is 4.98 Å². The van der Waals surface area contributed by atoms with Gasteiger partial charge in [-0.05, 0) is 6.92 Å². The van der Waals surface area contributed by atoms with Gasteiger partial charge in [-0.15, -0.1) is 0 Å². The first-order chi connectivity index (χ1) is 8.74. The summed E-state index contributed by atoms with van der Waals surface area (Å²) in [6, 6.07) is -0.732. The summed E-state index contributed by atoms with van der Waals surface area (Å²) >= 11 is 1.66. The third kappa shape index (κ3) is 2.66. The molecule has 1 atom stereocenters. The van der Waals surface area contributed by atoms with Crippen LogP contribution in [0.2, 0.25) is 0 Å². The van der Waals surface area contributed by atoms with Gasteiger partial charge in [0.05, 0.1) is 6.61 Å². The lowest BCUT2D eigenvalue weighted by atomic mass is 10.3. The Balaban J connectivity index is 2.12. The molecular formula is C11H15N3O3S. The van der Waals surface area contributed by atoms with Crippen LogP contribution in [0.1, 0.15) is 6.92 Å². The van der Waals surface area contributed by atoms with Gasteiger partial charge in [0.2, 0.25) is 0 Å². The van der Waals surface area contributed by atoms with Crippen LogP contribution in [0, 0.1) is 0 Å². The number of aromatic nitrogens is 2. The largest absolute Gasteiger partial charge is 0.464 e. The summed E-state index contributed by atoms with van der Waals surface area (Å²) in [7, 11) is 0. The van der Waals surface area contributed by atoms with E-state index in [0.29, 0.717) is 18.9 Å². The zero-order valence-electron chi connectivity index (χ0n) is 10.1. The van der Waals surface area contributed by atoms with Crippen molar-refractivity contribution in [2.24, 2.45) is 0 Å². The fraction of sp³-hybridized carbons (Fsp3) is 0.545. The monoisotopic (exact) mass is 269 g/mol. The Morgan fingerprint density at radius 1 is 1.56 bits per heavy atom. The zero-order chi connectivity index (χ0) is 13.0. The van der Waals surface area contributed by atoms with Gasteiger partial charge in [-0.25, -0.2) is 14.6 Å². The van der Waals surface area contributed by atoms with Crippen molar-refractivity contribution >= 4 is 23.8 Å². The molecule has 7 heteroatoms. The van der Waals surface area contributed by atoms with Crippen LogP contribution in [0.15, 0.2) is 18.7 Å². The van der Waals surface area contributed by atoms with E-state index < -0.39 is 6.04 Å². The van der Waals surface area contributed by atoms with Gasteiger partial charge in [-0.1, -0.05) is 0 Å². The summed E-state index contributed by atoms with van der Waals surface area (Å²) in [4.78, 5) is 29.4. The first-order valence-electron chi connectivity index (χ1n) is 5.77. The summed E-state index contributed by atoms with van der Waals surface area (Å²) in [6.07, 6.45) is 4.55. The Bertz CT molecular complexity index is 421. The summed E-state index contributed by atoms with van der Waals surface area (Å²) < 4.78 is 6.39. The third-order valence-electron chi connectivity index (χ3n) is 2.66. The van der Waals surface area contributed by atoms with Gasteiger partial charge >= 0.3 is 12.0 Å². The highest BCUT2D eigenvalue weighted by Crippen LogP contribution is 2.18. The van der Waals surface area contributed by atoms with Gasteiger partial charge in [0, 0.05) is 30.4 Å². The van der Waals surface area contributed by atoms with Crippen molar-refractivity contribution in [3.05, 3.63) is 18.7 Å². The average molecular weight is 269 g/mol. The lowest BCUT2D eigenvalue weighted by molar-refractivity contribution is -0.147. The highest BCUT2D eigenvalue weighted by Gasteiger charge is 2.34. The number of nitrogens with zero attached hydrogens (tertiary/aromatic N) is 3. The molecule has 1 saturated heterocycles. The maximum Gasteiger partial charge on any atom is 0.330 e. The average Bonchev–Trinajstić information content (AvgIpc) is 2.92. The minimum atomic E-state index is -0.501. The smallest absolute Gasteiger partial charge is 0.330 e. The SMILES string of the molecule is CCOC(=O)C1CSCCN1C(=O)n1ccnc1. The van der Waals surface area contributed by atoms with E-state index in [1.807, 2.05) is 0 Å². The number of carbonyl (C=O) groups is 2. The van der Waals surface area contributed by atoms with Crippen LogP contribution >= 0.6 is 11.8 Å². The molecule has 0 spiro atoms. The molecular weight excluding hydrogens is 254 g/mol. The van der Waals surface area contributed by atoms with Crippen LogP contribution in [0.4, 0.5) is 4.79 Å². The van der Waals surface area contributed by atoms with Crippen LogP contribution in [0.25, 0.3) is 0 Å². The number of amides is 1. The number of thioether (sulfide) groups is 1. The Morgan fingerprint density at radius 3 is 3.06 bits per heavy atom. The van der Waals surface area contributed by atoms with Crippen LogP contribution < -0.4 is 0 Å². The molecule has 0 N–H and O–H groups in total. The molecule has 6 nitrogen and oxygen atoms in total. The maximum absolute atomic E-state index is 12.2. The number of esters is 1. The number of hydrogen-bond donors (Lipinski definition) is 0. The molecule has 18 heavy (non-hydrogen) atoms. The number of rotatable bonds is 2. The Labute approximate surface area is 109 Å². The number of hydrogen-bond acceptors (Lipinski definition) is 5. The van der Waals surface area contributed by atoms with E-state index in [9.17, 15) is 9.59 Å². The molecule has 1 aliphatic heterocycles. The lowest BCUT2D eigenvalue weighted by Crippen LogP contribution is -2.52. The fourth-order valence-corrected chi connectivity index (χ4v) is 2.82. The second-order valence-corrected chi connectivity index (χ2v) is 4.94. The molecule has 1 aliphatic rings. The van der Waals surface area contributed by atoms with Crippen LogP contribution in [0.5, 0.6) is 0 Å². The van der Waals surface area contributed by atoms with Gasteiger partial charge < -0.3 is 9.64 Å². The Kier molecular flexibility index (Phi) is 4.24. The highest BCUT2D eigenvalue weighted by atomic mass is 32.2. The molecule has 0 radical (unpaired) electrons. The van der Waals surface area contributed by atoms with Crippen molar-refractivity contribution in [3.8, 4) is 0 Å². The number of carbonyl (C=O) groups excluding carboxylic acids is 2. The van der Waals surface area contributed by atoms with Crippen molar-refractivity contribution in [2.45, 2.75) is 13.0 Å². The van der Waals surface area contributed by atoms with Crippen LogP contribution in [-0.2, 0) is 9.53 Å². The minimum Gasteiger partial charge on any atom is -0.464 e. The van der Waals surface area contributed by atoms with E-state index in [1.54, 1.807) is 29.8 Å². The highest BCUT2D eigenvalue weighted by molar-refractivity contribution is 7.99. The van der Waals surface area contributed by atoms with Crippen molar-refractivity contribution < 1.29 is 14.3 Å². The second kappa shape index (κ2) is 5.90. The first-order valence-corrected chi connectivity index (χ1v) is 6.92. The molecule has 0 bridgehead atoms. The van der Waals surface area contributed by atoms with Crippen molar-refractivity contribution in [1.82, 2.24) is 14.5 Å². The predicted molar refractivity (Wildman–Crippen MR) is 67.5 cm³/mol. The van der Waals surface area contributed by atoms with Gasteiger partial charge in [0.15, 0.2) is 0 Å². The van der Waals surface area contributed by atoms with Gasteiger partial charge in [0.1, 0.15) is 12.4 Å². The first kappa shape index (κ1) is 12.9. The minimum absolute atomic E-state index is 0.231. The molecule has 1 fully saturated rings. The van der Waals surface area contributed by atoms with Crippen LogP contribution in [-0.4, -0.2) is 57.2 Å². The molecule has 2 rings (SSSR count). The lowest BCUT2D eigenvalue weighted by Gasteiger charge is -2.33. The predicted octanol–water partition coefficient (Wildman–Crippen LogP) is 0.832. The normalized spacial score (nSPS) is 19.6. The molecule has 1 aromatic heterocycles. The number of imidazole rings is 1. The molecule has 0 saturated carbocycles. The van der Waals surface area contributed by atoms with E-state index in [0.717, 1.165) is 5.75 Å². The molecule has 1 aromatic rings. The van der Waals surface area contributed by atoms with Gasteiger partial charge in [-0.3, -0.25) is 4.57 Å². The molecule has 0 aliphatic carbocycles. The molecule has 98 valence electrons. The second-order valence-electron chi connectivity index (χ2n) is 3.79.